The van der Waals surface area contributed by atoms with Crippen molar-refractivity contribution in [2.45, 2.75) is 0 Å². The van der Waals surface area contributed by atoms with Gasteiger partial charge in [-0.3, -0.25) is 9.78 Å². The van der Waals surface area contributed by atoms with E-state index in [2.05, 4.69) is 15.5 Å². The van der Waals surface area contributed by atoms with Crippen molar-refractivity contribution < 1.29 is 14.6 Å². The molecule has 0 saturated carbocycles. The minimum absolute atomic E-state index is 0.136. The van der Waals surface area contributed by atoms with Crippen molar-refractivity contribution in [3.05, 3.63) is 66.4 Å². The van der Waals surface area contributed by atoms with E-state index in [-0.39, 0.29) is 18.3 Å². The number of carbonyl (C=O) groups is 1. The van der Waals surface area contributed by atoms with Gasteiger partial charge in [0.25, 0.3) is 5.91 Å². The lowest BCUT2D eigenvalue weighted by atomic mass is 10.2. The first-order valence-electron chi connectivity index (χ1n) is 7.30. The number of hydrogen-bond acceptors (Lipinski definition) is 5. The zero-order chi connectivity index (χ0) is 16.8. The normalized spacial score (nSPS) is 10.8. The van der Waals surface area contributed by atoms with Crippen LogP contribution in [-0.4, -0.2) is 28.8 Å². The number of aromatic nitrogens is 1. The molecule has 6 nitrogen and oxygen atoms in total. The van der Waals surface area contributed by atoms with Gasteiger partial charge in [-0.05, 0) is 29.8 Å². The average Bonchev–Trinajstić information content (AvgIpc) is 2.60. The molecule has 1 amide bonds. The highest BCUT2D eigenvalue weighted by molar-refractivity contribution is 5.85. The van der Waals surface area contributed by atoms with Gasteiger partial charge in [0.1, 0.15) is 17.0 Å². The van der Waals surface area contributed by atoms with Crippen molar-refractivity contribution in [1.82, 2.24) is 10.4 Å². The summed E-state index contributed by atoms with van der Waals surface area (Å²) >= 11 is 0. The first-order valence-corrected chi connectivity index (χ1v) is 7.30. The Morgan fingerprint density at radius 2 is 2.04 bits per heavy atom. The number of para-hydroxylation sites is 1. The summed E-state index contributed by atoms with van der Waals surface area (Å²) in [7, 11) is 0. The van der Waals surface area contributed by atoms with E-state index in [0.717, 1.165) is 5.39 Å². The molecule has 0 unspecified atom stereocenters. The fourth-order valence-electron chi connectivity index (χ4n) is 2.15. The van der Waals surface area contributed by atoms with Crippen LogP contribution >= 0.6 is 0 Å². The van der Waals surface area contributed by atoms with Gasteiger partial charge in [0, 0.05) is 11.6 Å². The molecule has 6 heteroatoms. The lowest BCUT2D eigenvalue weighted by Gasteiger charge is -2.07. The van der Waals surface area contributed by atoms with Crippen molar-refractivity contribution in [3.8, 4) is 11.5 Å². The summed E-state index contributed by atoms with van der Waals surface area (Å²) < 4.78 is 5.51. The van der Waals surface area contributed by atoms with E-state index in [0.29, 0.717) is 16.8 Å². The maximum Gasteiger partial charge on any atom is 0.277 e. The maximum atomic E-state index is 11.8. The molecule has 2 aromatic carbocycles. The van der Waals surface area contributed by atoms with Crippen LogP contribution in [0.3, 0.4) is 0 Å². The van der Waals surface area contributed by atoms with Crippen LogP contribution in [0.1, 0.15) is 5.56 Å². The maximum absolute atomic E-state index is 11.8. The molecule has 0 aliphatic carbocycles. The third-order valence-electron chi connectivity index (χ3n) is 3.23. The van der Waals surface area contributed by atoms with Crippen molar-refractivity contribution in [2.75, 3.05) is 6.61 Å². The van der Waals surface area contributed by atoms with Gasteiger partial charge in [0.15, 0.2) is 6.61 Å². The standard InChI is InChI=1S/C18H15N3O3/c22-15-7-1-4-13(10-15)11-20-21-17(23)12-24-16-8-2-5-14-6-3-9-19-18(14)16/h1-11,22H,12H2,(H,21,23)/b20-11-. The fraction of sp³-hybridized carbons (Fsp3) is 0.0556. The third kappa shape index (κ3) is 3.86. The molecular formula is C18H15N3O3. The predicted molar refractivity (Wildman–Crippen MR) is 91.1 cm³/mol. The minimum Gasteiger partial charge on any atom is -0.508 e. The Balaban J connectivity index is 1.57. The van der Waals surface area contributed by atoms with Crippen molar-refractivity contribution in [3.63, 3.8) is 0 Å². The van der Waals surface area contributed by atoms with Gasteiger partial charge in [-0.1, -0.05) is 30.3 Å². The summed E-state index contributed by atoms with van der Waals surface area (Å²) in [5.74, 6) is 0.289. The molecule has 3 rings (SSSR count). The quantitative estimate of drug-likeness (QED) is 0.558. The lowest BCUT2D eigenvalue weighted by molar-refractivity contribution is -0.123. The molecule has 0 aliphatic rings. The lowest BCUT2D eigenvalue weighted by Crippen LogP contribution is -2.24. The molecule has 3 aromatic rings. The van der Waals surface area contributed by atoms with E-state index in [1.165, 1.54) is 12.3 Å². The molecule has 120 valence electrons. The van der Waals surface area contributed by atoms with Gasteiger partial charge in [-0.2, -0.15) is 5.10 Å². The molecule has 0 aliphatic heterocycles. The molecule has 0 spiro atoms. The van der Waals surface area contributed by atoms with E-state index in [1.54, 1.807) is 30.5 Å². The van der Waals surface area contributed by atoms with Crippen LogP contribution in [0, 0.1) is 0 Å². The number of pyridine rings is 1. The topological polar surface area (TPSA) is 83.8 Å². The highest BCUT2D eigenvalue weighted by atomic mass is 16.5. The van der Waals surface area contributed by atoms with Gasteiger partial charge < -0.3 is 9.84 Å². The number of nitrogens with zero attached hydrogens (tertiary/aromatic N) is 2. The number of amides is 1. The summed E-state index contributed by atoms with van der Waals surface area (Å²) in [6, 6.07) is 15.8. The molecule has 2 N–H and O–H groups in total. The molecule has 0 bridgehead atoms. The number of phenols is 1. The van der Waals surface area contributed by atoms with Crippen LogP contribution in [0.4, 0.5) is 0 Å². The number of ether oxygens (including phenoxy) is 1. The molecule has 0 atom stereocenters. The Kier molecular flexibility index (Phi) is 4.67. The van der Waals surface area contributed by atoms with E-state index < -0.39 is 0 Å². The SMILES string of the molecule is O=C(COc1cccc2cccnc12)N/N=C\c1cccc(O)c1. The average molecular weight is 321 g/mol. The number of hydrazone groups is 1. The Morgan fingerprint density at radius 1 is 1.21 bits per heavy atom. The molecule has 1 aromatic heterocycles. The summed E-state index contributed by atoms with van der Waals surface area (Å²) in [6.45, 7) is -0.174. The van der Waals surface area contributed by atoms with E-state index in [1.807, 2.05) is 24.3 Å². The van der Waals surface area contributed by atoms with Gasteiger partial charge in [-0.15, -0.1) is 0 Å². The number of benzene rings is 2. The molecular weight excluding hydrogens is 306 g/mol. The second-order valence-corrected chi connectivity index (χ2v) is 5.01. The van der Waals surface area contributed by atoms with E-state index in [4.69, 9.17) is 4.74 Å². The summed E-state index contributed by atoms with van der Waals surface area (Å²) in [5.41, 5.74) is 3.75. The molecule has 0 fully saturated rings. The van der Waals surface area contributed by atoms with E-state index in [9.17, 15) is 9.90 Å². The van der Waals surface area contributed by atoms with Crippen LogP contribution in [0.15, 0.2) is 65.9 Å². The second kappa shape index (κ2) is 7.23. The highest BCUT2D eigenvalue weighted by Gasteiger charge is 2.05. The molecule has 0 saturated heterocycles. The molecule has 1 heterocycles. The smallest absolute Gasteiger partial charge is 0.277 e. The number of rotatable bonds is 5. The fourth-order valence-corrected chi connectivity index (χ4v) is 2.15. The zero-order valence-electron chi connectivity index (χ0n) is 12.7. The zero-order valence-corrected chi connectivity index (χ0v) is 12.7. The predicted octanol–water partition coefficient (Wildman–Crippen LogP) is 2.47. The summed E-state index contributed by atoms with van der Waals surface area (Å²) in [6.07, 6.45) is 3.12. The number of hydrogen-bond donors (Lipinski definition) is 2. The summed E-state index contributed by atoms with van der Waals surface area (Å²) in [5, 5.41) is 14.1. The highest BCUT2D eigenvalue weighted by Crippen LogP contribution is 2.22. The number of fused-ring (bicyclic) bond motifs is 1. The summed E-state index contributed by atoms with van der Waals surface area (Å²) in [4.78, 5) is 16.0. The Hall–Kier alpha value is -3.41. The largest absolute Gasteiger partial charge is 0.508 e. The van der Waals surface area contributed by atoms with Crippen molar-refractivity contribution in [2.24, 2.45) is 5.10 Å². The minimum atomic E-state index is -0.390. The first-order chi connectivity index (χ1) is 11.7. The van der Waals surface area contributed by atoms with Gasteiger partial charge >= 0.3 is 0 Å². The second-order valence-electron chi connectivity index (χ2n) is 5.01. The van der Waals surface area contributed by atoms with Crippen LogP contribution in [-0.2, 0) is 4.79 Å². The van der Waals surface area contributed by atoms with Crippen LogP contribution in [0.5, 0.6) is 11.5 Å². The van der Waals surface area contributed by atoms with Gasteiger partial charge in [0.05, 0.1) is 6.21 Å². The first kappa shape index (κ1) is 15.5. The van der Waals surface area contributed by atoms with Crippen LogP contribution in [0.25, 0.3) is 10.9 Å². The molecule has 24 heavy (non-hydrogen) atoms. The van der Waals surface area contributed by atoms with Crippen LogP contribution < -0.4 is 10.2 Å². The molecule has 0 radical (unpaired) electrons. The third-order valence-corrected chi connectivity index (χ3v) is 3.23. The Bertz CT molecular complexity index is 888. The number of carbonyl (C=O) groups excluding carboxylic acids is 1. The number of nitrogens with one attached hydrogen (secondary N) is 1. The Morgan fingerprint density at radius 3 is 2.92 bits per heavy atom. The monoisotopic (exact) mass is 321 g/mol. The van der Waals surface area contributed by atoms with Gasteiger partial charge in [0.2, 0.25) is 0 Å². The number of aromatic hydroxyl groups is 1. The van der Waals surface area contributed by atoms with Gasteiger partial charge in [-0.25, -0.2) is 5.43 Å². The van der Waals surface area contributed by atoms with Crippen molar-refractivity contribution >= 4 is 23.0 Å². The van der Waals surface area contributed by atoms with Crippen molar-refractivity contribution in [1.29, 1.82) is 0 Å². The Labute approximate surface area is 138 Å². The van der Waals surface area contributed by atoms with E-state index >= 15 is 0 Å². The van der Waals surface area contributed by atoms with Crippen LogP contribution in [0.2, 0.25) is 0 Å². The number of phenolic OH excluding ortho intramolecular Hbond substituents is 1.